The number of aromatic nitrogens is 7. The monoisotopic (exact) mass is 217 g/mol. The number of aromatic amines is 1. The Bertz CT molecular complexity index is 593. The molecule has 3 aromatic heterocycles. The Labute approximate surface area is 89.3 Å². The Morgan fingerprint density at radius 2 is 2.38 bits per heavy atom. The van der Waals surface area contributed by atoms with Crippen LogP contribution in [0, 0.1) is 0 Å². The van der Waals surface area contributed by atoms with E-state index in [0.29, 0.717) is 17.5 Å². The summed E-state index contributed by atoms with van der Waals surface area (Å²) in [7, 11) is 1.80. The number of hydrogen-bond donors (Lipinski definition) is 1. The molecule has 0 aliphatic heterocycles. The van der Waals surface area contributed by atoms with Crippen molar-refractivity contribution in [1.29, 1.82) is 0 Å². The molecule has 0 atom stereocenters. The first-order chi connectivity index (χ1) is 7.84. The van der Waals surface area contributed by atoms with Crippen LogP contribution in [0.1, 0.15) is 0 Å². The zero-order valence-electron chi connectivity index (χ0n) is 8.32. The predicted octanol–water partition coefficient (Wildman–Crippen LogP) is 0.255. The van der Waals surface area contributed by atoms with E-state index < -0.39 is 0 Å². The molecular weight excluding hydrogens is 210 g/mol. The van der Waals surface area contributed by atoms with Gasteiger partial charge in [0.15, 0.2) is 5.82 Å². The zero-order chi connectivity index (χ0) is 11.0. The molecule has 0 saturated heterocycles. The fourth-order valence-corrected chi connectivity index (χ4v) is 1.32. The van der Waals surface area contributed by atoms with Gasteiger partial charge in [0.1, 0.15) is 12.0 Å². The average Bonchev–Trinajstić information content (AvgIpc) is 2.96. The van der Waals surface area contributed by atoms with Gasteiger partial charge in [-0.05, 0) is 6.07 Å². The number of H-pyrrole nitrogens is 1. The first-order valence-corrected chi connectivity index (χ1v) is 4.52. The number of rotatable bonds is 2. The number of nitrogens with zero attached hydrogens (tertiary/aromatic N) is 6. The Hall–Kier alpha value is -2.51. The van der Waals surface area contributed by atoms with Gasteiger partial charge in [-0.2, -0.15) is 15.2 Å². The lowest BCUT2D eigenvalue weighted by atomic mass is 10.4. The Balaban J connectivity index is 2.03. The minimum atomic E-state index is 0.369. The second-order valence-electron chi connectivity index (χ2n) is 3.10. The molecule has 0 saturated carbocycles. The zero-order valence-corrected chi connectivity index (χ0v) is 8.32. The molecule has 0 radical (unpaired) electrons. The van der Waals surface area contributed by atoms with Crippen LogP contribution in [-0.4, -0.2) is 35.1 Å². The normalized spacial score (nSPS) is 10.8. The van der Waals surface area contributed by atoms with Crippen molar-refractivity contribution in [3.63, 3.8) is 0 Å². The van der Waals surface area contributed by atoms with Gasteiger partial charge in [-0.3, -0.25) is 9.78 Å². The molecule has 16 heavy (non-hydrogen) atoms. The lowest BCUT2D eigenvalue weighted by Gasteiger charge is -1.92. The number of hydrogen-bond acceptors (Lipinski definition) is 6. The highest BCUT2D eigenvalue weighted by Crippen LogP contribution is 2.18. The van der Waals surface area contributed by atoms with Gasteiger partial charge >= 0.3 is 0 Å². The van der Waals surface area contributed by atoms with Crippen LogP contribution in [0.5, 0.6) is 0 Å². The van der Waals surface area contributed by atoms with Crippen molar-refractivity contribution in [1.82, 2.24) is 35.1 Å². The summed E-state index contributed by atoms with van der Waals surface area (Å²) >= 11 is 0. The molecule has 0 amide bonds. The summed E-state index contributed by atoms with van der Waals surface area (Å²) in [6, 6.07) is 1.79. The summed E-state index contributed by atoms with van der Waals surface area (Å²) in [4.78, 5) is 8.11. The van der Waals surface area contributed by atoms with E-state index in [1.165, 1.54) is 6.33 Å². The molecule has 0 unspecified atom stereocenters. The standard InChI is InChI=1S/C8H7N7O/c1-15-5(2-3-11-15)8-12-7(14-16-8)6-9-4-10-13-6/h2-4H,1H3,(H,9,10,13). The van der Waals surface area contributed by atoms with Crippen LogP contribution in [0.4, 0.5) is 0 Å². The van der Waals surface area contributed by atoms with E-state index in [9.17, 15) is 0 Å². The molecular formula is C8H7N7O. The first kappa shape index (κ1) is 8.77. The molecule has 0 aromatic carbocycles. The van der Waals surface area contributed by atoms with E-state index in [4.69, 9.17) is 4.52 Å². The van der Waals surface area contributed by atoms with Gasteiger partial charge in [-0.1, -0.05) is 5.16 Å². The van der Waals surface area contributed by atoms with Crippen LogP contribution < -0.4 is 0 Å². The van der Waals surface area contributed by atoms with Crippen molar-refractivity contribution >= 4 is 0 Å². The number of nitrogens with one attached hydrogen (secondary N) is 1. The summed E-state index contributed by atoms with van der Waals surface area (Å²) in [5.74, 6) is 1.23. The maximum absolute atomic E-state index is 5.10. The summed E-state index contributed by atoms with van der Waals surface area (Å²) in [5.41, 5.74) is 0.748. The SMILES string of the molecule is Cn1nccc1-c1nc(-c2ncn[nH]2)no1. The highest BCUT2D eigenvalue weighted by Gasteiger charge is 2.14. The minimum Gasteiger partial charge on any atom is -0.332 e. The third-order valence-corrected chi connectivity index (χ3v) is 2.09. The van der Waals surface area contributed by atoms with Gasteiger partial charge in [0.25, 0.3) is 5.89 Å². The Morgan fingerprint density at radius 3 is 3.06 bits per heavy atom. The van der Waals surface area contributed by atoms with Gasteiger partial charge < -0.3 is 4.52 Å². The van der Waals surface area contributed by atoms with Crippen molar-refractivity contribution < 1.29 is 4.52 Å². The summed E-state index contributed by atoms with van der Waals surface area (Å²) in [6.45, 7) is 0. The average molecular weight is 217 g/mol. The van der Waals surface area contributed by atoms with E-state index in [1.54, 1.807) is 24.0 Å². The van der Waals surface area contributed by atoms with Crippen molar-refractivity contribution in [2.75, 3.05) is 0 Å². The second-order valence-corrected chi connectivity index (χ2v) is 3.10. The highest BCUT2D eigenvalue weighted by atomic mass is 16.5. The smallest absolute Gasteiger partial charge is 0.276 e. The molecule has 1 N–H and O–H groups in total. The van der Waals surface area contributed by atoms with Crippen molar-refractivity contribution in [2.45, 2.75) is 0 Å². The van der Waals surface area contributed by atoms with Crippen molar-refractivity contribution in [3.8, 4) is 23.2 Å². The van der Waals surface area contributed by atoms with Gasteiger partial charge in [0.05, 0.1) is 0 Å². The predicted molar refractivity (Wildman–Crippen MR) is 51.9 cm³/mol. The third kappa shape index (κ3) is 1.28. The van der Waals surface area contributed by atoms with Crippen LogP contribution in [0.3, 0.4) is 0 Å². The molecule has 3 heterocycles. The van der Waals surface area contributed by atoms with Crippen LogP contribution >= 0.6 is 0 Å². The van der Waals surface area contributed by atoms with E-state index in [-0.39, 0.29) is 0 Å². The molecule has 8 nitrogen and oxygen atoms in total. The number of aryl methyl sites for hydroxylation is 1. The lowest BCUT2D eigenvalue weighted by molar-refractivity contribution is 0.428. The molecule has 0 aliphatic rings. The van der Waals surface area contributed by atoms with E-state index in [0.717, 1.165) is 5.69 Å². The van der Waals surface area contributed by atoms with Crippen LogP contribution in [0.2, 0.25) is 0 Å². The van der Waals surface area contributed by atoms with Crippen LogP contribution in [-0.2, 0) is 7.05 Å². The second kappa shape index (κ2) is 3.26. The largest absolute Gasteiger partial charge is 0.332 e. The molecule has 0 bridgehead atoms. The summed E-state index contributed by atoms with van der Waals surface area (Å²) < 4.78 is 6.75. The minimum absolute atomic E-state index is 0.369. The van der Waals surface area contributed by atoms with Gasteiger partial charge in [0.2, 0.25) is 5.82 Å². The van der Waals surface area contributed by atoms with Crippen LogP contribution in [0.25, 0.3) is 23.2 Å². The molecule has 0 aliphatic carbocycles. The lowest BCUT2D eigenvalue weighted by Crippen LogP contribution is -1.93. The van der Waals surface area contributed by atoms with E-state index in [1.807, 2.05) is 0 Å². The molecule has 0 spiro atoms. The molecule has 3 rings (SSSR count). The van der Waals surface area contributed by atoms with Gasteiger partial charge in [0, 0.05) is 13.2 Å². The quantitative estimate of drug-likeness (QED) is 0.660. The fraction of sp³-hybridized carbons (Fsp3) is 0.125. The molecule has 0 fully saturated rings. The molecule has 8 heteroatoms. The third-order valence-electron chi connectivity index (χ3n) is 2.09. The molecule has 3 aromatic rings. The van der Waals surface area contributed by atoms with Crippen molar-refractivity contribution in [2.24, 2.45) is 7.05 Å². The summed E-state index contributed by atoms with van der Waals surface area (Å²) in [5, 5.41) is 14.2. The summed E-state index contributed by atoms with van der Waals surface area (Å²) in [6.07, 6.45) is 3.04. The maximum atomic E-state index is 5.10. The fourth-order valence-electron chi connectivity index (χ4n) is 1.32. The topological polar surface area (TPSA) is 98.3 Å². The van der Waals surface area contributed by atoms with Crippen LogP contribution in [0.15, 0.2) is 23.1 Å². The van der Waals surface area contributed by atoms with E-state index >= 15 is 0 Å². The van der Waals surface area contributed by atoms with Gasteiger partial charge in [-0.25, -0.2) is 4.98 Å². The Kier molecular flexibility index (Phi) is 1.79. The first-order valence-electron chi connectivity index (χ1n) is 4.52. The maximum Gasteiger partial charge on any atom is 0.276 e. The van der Waals surface area contributed by atoms with Gasteiger partial charge in [-0.15, -0.1) is 0 Å². The van der Waals surface area contributed by atoms with Crippen molar-refractivity contribution in [3.05, 3.63) is 18.6 Å². The van der Waals surface area contributed by atoms with E-state index in [2.05, 4.69) is 30.4 Å². The Morgan fingerprint density at radius 1 is 1.44 bits per heavy atom. The highest BCUT2D eigenvalue weighted by molar-refractivity contribution is 5.51. The molecule has 80 valence electrons.